The summed E-state index contributed by atoms with van der Waals surface area (Å²) in [7, 11) is 0. The summed E-state index contributed by atoms with van der Waals surface area (Å²) in [5.74, 6) is -0.0170. The second-order valence-electron chi connectivity index (χ2n) is 7.24. The molecule has 1 amide bonds. The van der Waals surface area contributed by atoms with Crippen molar-refractivity contribution in [3.8, 4) is 0 Å². The van der Waals surface area contributed by atoms with Gasteiger partial charge in [-0.1, -0.05) is 6.07 Å². The topological polar surface area (TPSA) is 67.8 Å². The summed E-state index contributed by atoms with van der Waals surface area (Å²) in [6.45, 7) is 7.00. The van der Waals surface area contributed by atoms with Crippen LogP contribution >= 0.6 is 0 Å². The number of pyridine rings is 2. The van der Waals surface area contributed by atoms with Gasteiger partial charge < -0.3 is 14.4 Å². The summed E-state index contributed by atoms with van der Waals surface area (Å²) < 4.78 is 11.6. The zero-order chi connectivity index (χ0) is 19.3. The third kappa shape index (κ3) is 4.22. The number of ether oxygens (including phenoxy) is 2. The fourth-order valence-corrected chi connectivity index (χ4v) is 3.86. The van der Waals surface area contributed by atoms with Crippen LogP contribution in [0.15, 0.2) is 42.9 Å². The maximum absolute atomic E-state index is 13.3. The predicted octanol–water partition coefficient (Wildman–Crippen LogP) is 1.70. The largest absolute Gasteiger partial charge is 0.379 e. The van der Waals surface area contributed by atoms with E-state index in [0.29, 0.717) is 18.7 Å². The zero-order valence-electron chi connectivity index (χ0n) is 16.2. The Morgan fingerprint density at radius 3 is 2.71 bits per heavy atom. The van der Waals surface area contributed by atoms with Crippen LogP contribution in [0.5, 0.6) is 0 Å². The average molecular weight is 382 g/mol. The van der Waals surface area contributed by atoms with Gasteiger partial charge >= 0.3 is 0 Å². The summed E-state index contributed by atoms with van der Waals surface area (Å²) in [5, 5.41) is 0. The van der Waals surface area contributed by atoms with E-state index in [1.165, 1.54) is 0 Å². The smallest absolute Gasteiger partial charge is 0.256 e. The first-order chi connectivity index (χ1) is 13.7. The Morgan fingerprint density at radius 2 is 2.00 bits per heavy atom. The lowest BCUT2D eigenvalue weighted by atomic mass is 9.98. The highest BCUT2D eigenvalue weighted by Crippen LogP contribution is 2.31. The SMILES string of the molecule is Cc1ccc(C(=O)N2CCO[C@@H](CN3CCOCC3)[C@@H]2c2cccnc2)cn1. The highest BCUT2D eigenvalue weighted by Gasteiger charge is 2.38. The van der Waals surface area contributed by atoms with E-state index in [1.807, 2.05) is 42.3 Å². The summed E-state index contributed by atoms with van der Waals surface area (Å²) in [5.41, 5.74) is 2.49. The molecule has 28 heavy (non-hydrogen) atoms. The van der Waals surface area contributed by atoms with Crippen LogP contribution in [0, 0.1) is 6.92 Å². The quantitative estimate of drug-likeness (QED) is 0.802. The molecule has 0 aliphatic carbocycles. The van der Waals surface area contributed by atoms with Crippen molar-refractivity contribution in [2.45, 2.75) is 19.1 Å². The van der Waals surface area contributed by atoms with Crippen LogP contribution in [-0.2, 0) is 9.47 Å². The van der Waals surface area contributed by atoms with Crippen molar-refractivity contribution in [3.63, 3.8) is 0 Å². The van der Waals surface area contributed by atoms with E-state index in [0.717, 1.165) is 44.1 Å². The van der Waals surface area contributed by atoms with Gasteiger partial charge in [0.1, 0.15) is 0 Å². The molecule has 2 aromatic heterocycles. The Morgan fingerprint density at radius 1 is 1.14 bits per heavy atom. The van der Waals surface area contributed by atoms with Crippen LogP contribution in [0.1, 0.15) is 27.7 Å². The number of aryl methyl sites for hydroxylation is 1. The molecule has 7 heteroatoms. The minimum Gasteiger partial charge on any atom is -0.379 e. The molecule has 0 spiro atoms. The first-order valence-corrected chi connectivity index (χ1v) is 9.77. The summed E-state index contributed by atoms with van der Waals surface area (Å²) in [6, 6.07) is 7.46. The monoisotopic (exact) mass is 382 g/mol. The fourth-order valence-electron chi connectivity index (χ4n) is 3.86. The van der Waals surface area contributed by atoms with Gasteiger partial charge in [0, 0.05) is 50.5 Å². The molecule has 2 saturated heterocycles. The van der Waals surface area contributed by atoms with Crippen molar-refractivity contribution >= 4 is 5.91 Å². The molecule has 0 radical (unpaired) electrons. The van der Waals surface area contributed by atoms with Gasteiger partial charge in [-0.05, 0) is 30.7 Å². The molecule has 4 heterocycles. The summed E-state index contributed by atoms with van der Waals surface area (Å²) >= 11 is 0. The second kappa shape index (κ2) is 8.77. The number of nitrogens with zero attached hydrogens (tertiary/aromatic N) is 4. The van der Waals surface area contributed by atoms with Crippen molar-refractivity contribution < 1.29 is 14.3 Å². The highest BCUT2D eigenvalue weighted by atomic mass is 16.5. The fraction of sp³-hybridized carbons (Fsp3) is 0.476. The Kier molecular flexibility index (Phi) is 5.95. The van der Waals surface area contributed by atoms with Gasteiger partial charge in [-0.3, -0.25) is 19.7 Å². The Hall–Kier alpha value is -2.35. The molecule has 0 N–H and O–H groups in total. The lowest BCUT2D eigenvalue weighted by Gasteiger charge is -2.43. The van der Waals surface area contributed by atoms with Gasteiger partial charge in [0.2, 0.25) is 0 Å². The van der Waals surface area contributed by atoms with E-state index in [-0.39, 0.29) is 18.1 Å². The molecule has 0 aromatic carbocycles. The van der Waals surface area contributed by atoms with E-state index < -0.39 is 0 Å². The van der Waals surface area contributed by atoms with E-state index in [9.17, 15) is 4.79 Å². The number of carbonyl (C=O) groups excluding carboxylic acids is 1. The molecule has 148 valence electrons. The van der Waals surface area contributed by atoms with Gasteiger partial charge in [0.05, 0.1) is 37.5 Å². The first-order valence-electron chi connectivity index (χ1n) is 9.77. The average Bonchev–Trinajstić information content (AvgIpc) is 2.75. The number of carbonyl (C=O) groups is 1. The lowest BCUT2D eigenvalue weighted by Crippen LogP contribution is -2.53. The van der Waals surface area contributed by atoms with E-state index in [4.69, 9.17) is 9.47 Å². The summed E-state index contributed by atoms with van der Waals surface area (Å²) in [6.07, 6.45) is 5.13. The number of morpholine rings is 2. The second-order valence-corrected chi connectivity index (χ2v) is 7.24. The number of amides is 1. The Bertz CT molecular complexity index is 778. The number of aromatic nitrogens is 2. The number of rotatable bonds is 4. The van der Waals surface area contributed by atoms with E-state index in [1.54, 1.807) is 12.4 Å². The normalized spacial score (nSPS) is 23.5. The third-order valence-corrected chi connectivity index (χ3v) is 5.34. The molecule has 2 atom stereocenters. The number of hydrogen-bond acceptors (Lipinski definition) is 6. The molecular weight excluding hydrogens is 356 g/mol. The maximum atomic E-state index is 13.3. The Labute approximate surface area is 165 Å². The van der Waals surface area contributed by atoms with Crippen LogP contribution in [0.2, 0.25) is 0 Å². The molecule has 4 rings (SSSR count). The van der Waals surface area contributed by atoms with Gasteiger partial charge in [0.25, 0.3) is 5.91 Å². The van der Waals surface area contributed by atoms with Crippen LogP contribution in [0.3, 0.4) is 0 Å². The van der Waals surface area contributed by atoms with Crippen LogP contribution < -0.4 is 0 Å². The maximum Gasteiger partial charge on any atom is 0.256 e. The molecule has 2 aliphatic rings. The van der Waals surface area contributed by atoms with Gasteiger partial charge in [0.15, 0.2) is 0 Å². The zero-order valence-corrected chi connectivity index (χ0v) is 16.2. The van der Waals surface area contributed by atoms with E-state index in [2.05, 4.69) is 14.9 Å². The molecule has 0 saturated carbocycles. The van der Waals surface area contributed by atoms with Crippen LogP contribution in [0.25, 0.3) is 0 Å². The van der Waals surface area contributed by atoms with Crippen molar-refractivity contribution in [2.24, 2.45) is 0 Å². The molecule has 0 unspecified atom stereocenters. The van der Waals surface area contributed by atoms with Crippen molar-refractivity contribution in [1.82, 2.24) is 19.8 Å². The molecule has 0 bridgehead atoms. The number of hydrogen-bond donors (Lipinski definition) is 0. The molecule has 7 nitrogen and oxygen atoms in total. The molecule has 2 aliphatic heterocycles. The summed E-state index contributed by atoms with van der Waals surface area (Å²) in [4.78, 5) is 26.1. The lowest BCUT2D eigenvalue weighted by molar-refractivity contribution is -0.0819. The minimum absolute atomic E-state index is 0.0170. The van der Waals surface area contributed by atoms with Crippen LogP contribution in [0.4, 0.5) is 0 Å². The first kappa shape index (κ1) is 19.0. The van der Waals surface area contributed by atoms with Crippen molar-refractivity contribution in [2.75, 3.05) is 46.0 Å². The van der Waals surface area contributed by atoms with Crippen molar-refractivity contribution in [3.05, 3.63) is 59.7 Å². The van der Waals surface area contributed by atoms with Crippen molar-refractivity contribution in [1.29, 1.82) is 0 Å². The predicted molar refractivity (Wildman–Crippen MR) is 104 cm³/mol. The Balaban J connectivity index is 1.61. The standard InChI is InChI=1S/C21H26N4O3/c1-16-4-5-18(14-23-16)21(26)25-9-12-28-19(15-24-7-10-27-11-8-24)20(25)17-3-2-6-22-13-17/h2-6,13-14,19-20H,7-12,15H2,1H3/t19-,20-/m0/s1. The molecule has 2 fully saturated rings. The highest BCUT2D eigenvalue weighted by molar-refractivity contribution is 5.94. The van der Waals surface area contributed by atoms with Crippen LogP contribution in [-0.4, -0.2) is 77.8 Å². The van der Waals surface area contributed by atoms with Gasteiger partial charge in [-0.25, -0.2) is 0 Å². The molecular formula is C21H26N4O3. The minimum atomic E-state index is -0.181. The van der Waals surface area contributed by atoms with E-state index >= 15 is 0 Å². The van der Waals surface area contributed by atoms with Gasteiger partial charge in [-0.2, -0.15) is 0 Å². The molecule has 2 aromatic rings. The van der Waals surface area contributed by atoms with Gasteiger partial charge in [-0.15, -0.1) is 0 Å². The third-order valence-electron chi connectivity index (χ3n) is 5.34.